The highest BCUT2D eigenvalue weighted by Gasteiger charge is 2.10. The summed E-state index contributed by atoms with van der Waals surface area (Å²) in [4.78, 5) is 23.4. The first kappa shape index (κ1) is 18.4. The number of anilines is 2. The van der Waals surface area contributed by atoms with Crippen LogP contribution >= 0.6 is 0 Å². The van der Waals surface area contributed by atoms with Crippen molar-refractivity contribution in [1.29, 1.82) is 0 Å². The lowest BCUT2D eigenvalue weighted by molar-refractivity contribution is -0.119. The molecule has 2 rings (SSSR count). The number of ether oxygens (including phenoxy) is 1. The molecule has 132 valence electrons. The predicted molar refractivity (Wildman–Crippen MR) is 93.9 cm³/mol. The van der Waals surface area contributed by atoms with Gasteiger partial charge in [-0.25, -0.2) is 9.18 Å². The van der Waals surface area contributed by atoms with Gasteiger partial charge in [0.15, 0.2) is 0 Å². The molecule has 0 saturated heterocycles. The normalized spacial score (nSPS) is 11.5. The standard InChI is InChI=1S/C18H20FN3O3/c1-12(13-3-5-14(19)6-4-13)20-18(24)22-16-9-7-15(8-10-16)21-17(23)11-25-2/h3-10,12H,11H2,1-2H3,(H,21,23)(H2,20,22,24)/t12-/m0/s1. The van der Waals surface area contributed by atoms with Crippen molar-refractivity contribution < 1.29 is 18.7 Å². The Morgan fingerprint density at radius 1 is 1.00 bits per heavy atom. The Morgan fingerprint density at radius 3 is 2.12 bits per heavy atom. The van der Waals surface area contributed by atoms with Crippen molar-refractivity contribution in [3.8, 4) is 0 Å². The van der Waals surface area contributed by atoms with Gasteiger partial charge in [0.05, 0.1) is 6.04 Å². The Hall–Kier alpha value is -2.93. The van der Waals surface area contributed by atoms with Crippen molar-refractivity contribution in [2.45, 2.75) is 13.0 Å². The first-order chi connectivity index (χ1) is 12.0. The third-order valence-corrected chi connectivity index (χ3v) is 3.42. The molecule has 3 N–H and O–H groups in total. The number of amides is 3. The molecule has 0 bridgehead atoms. The first-order valence-electron chi connectivity index (χ1n) is 7.70. The van der Waals surface area contributed by atoms with E-state index < -0.39 is 0 Å². The maximum atomic E-state index is 12.9. The van der Waals surface area contributed by atoms with Crippen molar-refractivity contribution in [3.05, 3.63) is 59.9 Å². The number of urea groups is 1. The van der Waals surface area contributed by atoms with Gasteiger partial charge in [0.25, 0.3) is 0 Å². The van der Waals surface area contributed by atoms with E-state index in [0.717, 1.165) is 5.56 Å². The molecule has 6 nitrogen and oxygen atoms in total. The number of methoxy groups -OCH3 is 1. The lowest BCUT2D eigenvalue weighted by atomic mass is 10.1. The molecule has 0 spiro atoms. The maximum Gasteiger partial charge on any atom is 0.319 e. The number of carbonyl (C=O) groups excluding carboxylic acids is 2. The molecule has 0 fully saturated rings. The van der Waals surface area contributed by atoms with Gasteiger partial charge in [0, 0.05) is 18.5 Å². The second-order valence-electron chi connectivity index (χ2n) is 5.43. The Balaban J connectivity index is 1.87. The van der Waals surface area contributed by atoms with Crippen LogP contribution in [0.5, 0.6) is 0 Å². The minimum absolute atomic E-state index is 0.0241. The van der Waals surface area contributed by atoms with Gasteiger partial charge in [0.2, 0.25) is 5.91 Å². The van der Waals surface area contributed by atoms with E-state index in [1.54, 1.807) is 43.3 Å². The van der Waals surface area contributed by atoms with Crippen LogP contribution in [0.2, 0.25) is 0 Å². The quantitative estimate of drug-likeness (QED) is 0.752. The van der Waals surface area contributed by atoms with Crippen LogP contribution in [0.3, 0.4) is 0 Å². The zero-order valence-corrected chi connectivity index (χ0v) is 14.0. The van der Waals surface area contributed by atoms with E-state index >= 15 is 0 Å². The van der Waals surface area contributed by atoms with Crippen molar-refractivity contribution in [2.24, 2.45) is 0 Å². The van der Waals surface area contributed by atoms with Crippen molar-refractivity contribution in [3.63, 3.8) is 0 Å². The summed E-state index contributed by atoms with van der Waals surface area (Å²) in [6.45, 7) is 1.78. The third-order valence-electron chi connectivity index (χ3n) is 3.42. The Bertz CT molecular complexity index is 717. The number of benzene rings is 2. The van der Waals surface area contributed by atoms with Crippen LogP contribution in [0, 0.1) is 5.82 Å². The van der Waals surface area contributed by atoms with Gasteiger partial charge in [-0.1, -0.05) is 12.1 Å². The molecule has 1 atom stereocenters. The smallest absolute Gasteiger partial charge is 0.319 e. The topological polar surface area (TPSA) is 79.5 Å². The van der Waals surface area contributed by atoms with Gasteiger partial charge in [-0.05, 0) is 48.9 Å². The zero-order chi connectivity index (χ0) is 18.2. The van der Waals surface area contributed by atoms with Gasteiger partial charge in [-0.2, -0.15) is 0 Å². The van der Waals surface area contributed by atoms with Gasteiger partial charge in [0.1, 0.15) is 12.4 Å². The molecule has 0 radical (unpaired) electrons. The molecule has 0 saturated carbocycles. The SMILES string of the molecule is COCC(=O)Nc1ccc(NC(=O)N[C@@H](C)c2ccc(F)cc2)cc1. The van der Waals surface area contributed by atoms with E-state index in [2.05, 4.69) is 16.0 Å². The molecule has 2 aromatic rings. The summed E-state index contributed by atoms with van der Waals surface area (Å²) in [6.07, 6.45) is 0. The molecule has 3 amide bonds. The van der Waals surface area contributed by atoms with E-state index in [9.17, 15) is 14.0 Å². The lowest BCUT2D eigenvalue weighted by Gasteiger charge is -2.15. The van der Waals surface area contributed by atoms with Gasteiger partial charge < -0.3 is 20.7 Å². The number of hydrogen-bond acceptors (Lipinski definition) is 3. The predicted octanol–water partition coefficient (Wildman–Crippen LogP) is 3.29. The average molecular weight is 345 g/mol. The lowest BCUT2D eigenvalue weighted by Crippen LogP contribution is -2.31. The van der Waals surface area contributed by atoms with E-state index in [1.165, 1.54) is 19.2 Å². The van der Waals surface area contributed by atoms with Gasteiger partial charge in [-0.15, -0.1) is 0 Å². The number of hydrogen-bond donors (Lipinski definition) is 3. The van der Waals surface area contributed by atoms with E-state index in [0.29, 0.717) is 11.4 Å². The molecule has 0 aliphatic heterocycles. The second kappa shape index (κ2) is 8.79. The summed E-state index contributed by atoms with van der Waals surface area (Å²) in [6, 6.07) is 12.0. The molecule has 0 aliphatic rings. The highest BCUT2D eigenvalue weighted by Crippen LogP contribution is 2.15. The van der Waals surface area contributed by atoms with Crippen LogP contribution in [0.4, 0.5) is 20.6 Å². The second-order valence-corrected chi connectivity index (χ2v) is 5.43. The molecular formula is C18H20FN3O3. The van der Waals surface area contributed by atoms with Crippen molar-refractivity contribution in [2.75, 3.05) is 24.4 Å². The van der Waals surface area contributed by atoms with Crippen LogP contribution in [-0.4, -0.2) is 25.7 Å². The fourth-order valence-electron chi connectivity index (χ4n) is 2.16. The zero-order valence-electron chi connectivity index (χ0n) is 14.0. The van der Waals surface area contributed by atoms with Gasteiger partial charge >= 0.3 is 6.03 Å². The summed E-state index contributed by atoms with van der Waals surface area (Å²) in [7, 11) is 1.44. The number of rotatable bonds is 6. The molecule has 0 aromatic heterocycles. The van der Waals surface area contributed by atoms with Crippen LogP contribution in [0.25, 0.3) is 0 Å². The molecular weight excluding hydrogens is 325 g/mol. The highest BCUT2D eigenvalue weighted by molar-refractivity contribution is 5.93. The number of nitrogens with one attached hydrogen (secondary N) is 3. The summed E-state index contributed by atoms with van der Waals surface area (Å²) < 4.78 is 17.7. The minimum Gasteiger partial charge on any atom is -0.375 e. The summed E-state index contributed by atoms with van der Waals surface area (Å²) >= 11 is 0. The molecule has 7 heteroatoms. The summed E-state index contributed by atoms with van der Waals surface area (Å²) in [5.41, 5.74) is 1.98. The molecule has 2 aromatic carbocycles. The fourth-order valence-corrected chi connectivity index (χ4v) is 2.16. The van der Waals surface area contributed by atoms with Gasteiger partial charge in [-0.3, -0.25) is 4.79 Å². The third kappa shape index (κ3) is 5.89. The van der Waals surface area contributed by atoms with E-state index in [1.807, 2.05) is 0 Å². The molecule has 25 heavy (non-hydrogen) atoms. The highest BCUT2D eigenvalue weighted by atomic mass is 19.1. The van der Waals surface area contributed by atoms with Crippen LogP contribution in [0.15, 0.2) is 48.5 Å². The first-order valence-corrected chi connectivity index (χ1v) is 7.70. The summed E-state index contributed by atoms with van der Waals surface area (Å²) in [5, 5.41) is 8.13. The maximum absolute atomic E-state index is 12.9. The van der Waals surface area contributed by atoms with Crippen LogP contribution in [-0.2, 0) is 9.53 Å². The Kier molecular flexibility index (Phi) is 6.47. The Morgan fingerprint density at radius 2 is 1.56 bits per heavy atom. The van der Waals surface area contributed by atoms with E-state index in [4.69, 9.17) is 4.74 Å². The Labute approximate surface area is 145 Å². The molecule has 0 aliphatic carbocycles. The number of halogens is 1. The monoisotopic (exact) mass is 345 g/mol. The molecule has 0 unspecified atom stereocenters. The number of carbonyl (C=O) groups is 2. The average Bonchev–Trinajstić information content (AvgIpc) is 2.57. The largest absolute Gasteiger partial charge is 0.375 e. The van der Waals surface area contributed by atoms with Crippen molar-refractivity contribution >= 4 is 23.3 Å². The van der Waals surface area contributed by atoms with Crippen LogP contribution < -0.4 is 16.0 Å². The van der Waals surface area contributed by atoms with Crippen LogP contribution in [0.1, 0.15) is 18.5 Å². The minimum atomic E-state index is -0.381. The van der Waals surface area contributed by atoms with E-state index in [-0.39, 0.29) is 30.4 Å². The summed E-state index contributed by atoms with van der Waals surface area (Å²) in [5.74, 6) is -0.577. The van der Waals surface area contributed by atoms with Crippen molar-refractivity contribution in [1.82, 2.24) is 5.32 Å². The molecule has 0 heterocycles. The fraction of sp³-hybridized carbons (Fsp3) is 0.222.